The lowest BCUT2D eigenvalue weighted by Gasteiger charge is -1.86. The van der Waals surface area contributed by atoms with Crippen LogP contribution < -0.4 is 11.5 Å². The number of hydrogen-bond acceptors (Lipinski definition) is 10. The Morgan fingerprint density at radius 3 is 2.12 bits per heavy atom. The summed E-state index contributed by atoms with van der Waals surface area (Å²) >= 11 is 0. The standard InChI is InChI=1S/C6H5N9O2/c7-3-1(12-16-14-3)5-9-6(11-10-5)2-4(8)15-17-13-2/h(H2,7,14)(H2,8,15)(H,9,10,11). The molecule has 0 fully saturated rings. The highest BCUT2D eigenvalue weighted by molar-refractivity contribution is 5.67. The van der Waals surface area contributed by atoms with Gasteiger partial charge in [0.25, 0.3) is 0 Å². The number of hydrogen-bond donors (Lipinski definition) is 3. The average Bonchev–Trinajstić information content (AvgIpc) is 2.97. The lowest BCUT2D eigenvalue weighted by atomic mass is 10.4. The summed E-state index contributed by atoms with van der Waals surface area (Å²) < 4.78 is 8.87. The summed E-state index contributed by atoms with van der Waals surface area (Å²) in [6.45, 7) is 0. The molecule has 3 rings (SSSR count). The Labute approximate surface area is 92.1 Å². The molecular formula is C6H5N9O2. The molecule has 5 N–H and O–H groups in total. The third-order valence-corrected chi connectivity index (χ3v) is 1.95. The monoisotopic (exact) mass is 235 g/mol. The molecule has 11 nitrogen and oxygen atoms in total. The zero-order valence-electron chi connectivity index (χ0n) is 8.15. The molecule has 0 aliphatic heterocycles. The van der Waals surface area contributed by atoms with E-state index in [-0.39, 0.29) is 34.7 Å². The van der Waals surface area contributed by atoms with Crippen LogP contribution in [0.2, 0.25) is 0 Å². The van der Waals surface area contributed by atoms with Crippen molar-refractivity contribution in [1.82, 2.24) is 35.8 Å². The molecule has 11 heteroatoms. The number of rotatable bonds is 2. The predicted molar refractivity (Wildman–Crippen MR) is 51.8 cm³/mol. The number of aromatic nitrogens is 7. The Morgan fingerprint density at radius 2 is 1.53 bits per heavy atom. The van der Waals surface area contributed by atoms with E-state index < -0.39 is 0 Å². The zero-order chi connectivity index (χ0) is 11.8. The molecule has 0 spiro atoms. The minimum atomic E-state index is 0.0850. The Bertz CT molecular complexity index is 597. The van der Waals surface area contributed by atoms with Crippen LogP contribution in [0.3, 0.4) is 0 Å². The van der Waals surface area contributed by atoms with Crippen molar-refractivity contribution in [3.63, 3.8) is 0 Å². The fraction of sp³-hybridized carbons (Fsp3) is 0. The SMILES string of the molecule is Nc1nonc1-c1n[nH]c(-c2nonc2N)n1. The predicted octanol–water partition coefficient (Wildman–Crippen LogP) is -0.931. The van der Waals surface area contributed by atoms with Crippen molar-refractivity contribution in [2.24, 2.45) is 0 Å². The van der Waals surface area contributed by atoms with Gasteiger partial charge in [0.1, 0.15) is 0 Å². The molecular weight excluding hydrogens is 230 g/mol. The number of nitrogens with zero attached hydrogens (tertiary/aromatic N) is 6. The first-order valence-corrected chi connectivity index (χ1v) is 4.35. The van der Waals surface area contributed by atoms with Crippen molar-refractivity contribution in [1.29, 1.82) is 0 Å². The van der Waals surface area contributed by atoms with Crippen molar-refractivity contribution in [2.45, 2.75) is 0 Å². The summed E-state index contributed by atoms with van der Waals surface area (Å²) in [5.41, 5.74) is 11.5. The molecule has 0 aromatic carbocycles. The van der Waals surface area contributed by atoms with E-state index in [4.69, 9.17) is 11.5 Å². The zero-order valence-corrected chi connectivity index (χ0v) is 8.15. The molecule has 0 atom stereocenters. The van der Waals surface area contributed by atoms with Crippen LogP contribution in [0.25, 0.3) is 23.0 Å². The summed E-state index contributed by atoms with van der Waals surface area (Å²) in [5.74, 6) is 0.669. The summed E-state index contributed by atoms with van der Waals surface area (Å²) in [6, 6.07) is 0. The summed E-state index contributed by atoms with van der Waals surface area (Å²) in [6.07, 6.45) is 0. The maximum absolute atomic E-state index is 5.50. The quantitative estimate of drug-likeness (QED) is 0.503. The molecule has 0 aliphatic carbocycles. The van der Waals surface area contributed by atoms with Crippen LogP contribution in [0, 0.1) is 0 Å². The highest BCUT2D eigenvalue weighted by Crippen LogP contribution is 2.22. The largest absolute Gasteiger partial charge is 0.379 e. The van der Waals surface area contributed by atoms with Crippen LogP contribution in [-0.2, 0) is 0 Å². The molecule has 0 saturated heterocycles. The van der Waals surface area contributed by atoms with E-state index in [9.17, 15) is 0 Å². The molecule has 0 radical (unpaired) electrons. The third-order valence-electron chi connectivity index (χ3n) is 1.95. The lowest BCUT2D eigenvalue weighted by molar-refractivity contribution is 0.310. The normalized spacial score (nSPS) is 10.8. The maximum Gasteiger partial charge on any atom is 0.207 e. The summed E-state index contributed by atoms with van der Waals surface area (Å²) in [5, 5.41) is 20.4. The van der Waals surface area contributed by atoms with Crippen molar-refractivity contribution in [3.05, 3.63) is 0 Å². The van der Waals surface area contributed by atoms with Crippen molar-refractivity contribution in [2.75, 3.05) is 11.5 Å². The van der Waals surface area contributed by atoms with E-state index >= 15 is 0 Å². The fourth-order valence-corrected chi connectivity index (χ4v) is 1.18. The molecule has 0 saturated carbocycles. The van der Waals surface area contributed by atoms with Crippen LogP contribution >= 0.6 is 0 Å². The lowest BCUT2D eigenvalue weighted by Crippen LogP contribution is -1.91. The number of nitrogen functional groups attached to an aromatic ring is 2. The van der Waals surface area contributed by atoms with E-state index in [0.717, 1.165) is 0 Å². The summed E-state index contributed by atoms with van der Waals surface area (Å²) in [7, 11) is 0. The molecule has 3 heterocycles. The maximum atomic E-state index is 5.50. The van der Waals surface area contributed by atoms with Crippen LogP contribution in [0.4, 0.5) is 11.6 Å². The van der Waals surface area contributed by atoms with Gasteiger partial charge in [-0.1, -0.05) is 0 Å². The molecule has 0 aliphatic rings. The smallest absolute Gasteiger partial charge is 0.207 e. The van der Waals surface area contributed by atoms with Gasteiger partial charge in [0.15, 0.2) is 28.8 Å². The van der Waals surface area contributed by atoms with Crippen LogP contribution in [0.15, 0.2) is 9.26 Å². The third kappa shape index (κ3) is 1.37. The number of aromatic amines is 1. The van der Waals surface area contributed by atoms with E-state index in [1.165, 1.54) is 0 Å². The molecule has 0 amide bonds. The Kier molecular flexibility index (Phi) is 1.78. The van der Waals surface area contributed by atoms with Gasteiger partial charge in [0, 0.05) is 0 Å². The van der Waals surface area contributed by atoms with E-state index in [1.54, 1.807) is 0 Å². The Balaban J connectivity index is 2.05. The van der Waals surface area contributed by atoms with Gasteiger partial charge >= 0.3 is 0 Å². The first-order valence-electron chi connectivity index (χ1n) is 4.35. The molecule has 86 valence electrons. The second kappa shape index (κ2) is 3.26. The minimum absolute atomic E-state index is 0.0850. The van der Waals surface area contributed by atoms with Crippen molar-refractivity contribution < 1.29 is 9.26 Å². The minimum Gasteiger partial charge on any atom is -0.379 e. The molecule has 0 unspecified atom stereocenters. The Morgan fingerprint density at radius 1 is 0.882 bits per heavy atom. The highest BCUT2D eigenvalue weighted by Gasteiger charge is 2.18. The van der Waals surface area contributed by atoms with Crippen LogP contribution in [0.1, 0.15) is 0 Å². The molecule has 3 aromatic rings. The molecule has 3 aromatic heterocycles. The van der Waals surface area contributed by atoms with E-state index in [0.29, 0.717) is 0 Å². The number of H-pyrrole nitrogens is 1. The number of anilines is 2. The topological polar surface area (TPSA) is 171 Å². The molecule has 17 heavy (non-hydrogen) atoms. The van der Waals surface area contributed by atoms with Gasteiger partial charge in [0.2, 0.25) is 5.82 Å². The number of nitrogens with two attached hydrogens (primary N) is 2. The second-order valence-corrected chi connectivity index (χ2v) is 3.00. The second-order valence-electron chi connectivity index (χ2n) is 3.00. The van der Waals surface area contributed by atoms with Gasteiger partial charge in [-0.05, 0) is 20.6 Å². The van der Waals surface area contributed by atoms with E-state index in [1.807, 2.05) is 0 Å². The first kappa shape index (κ1) is 9.26. The first-order chi connectivity index (χ1) is 8.25. The van der Waals surface area contributed by atoms with Crippen LogP contribution in [-0.4, -0.2) is 35.8 Å². The van der Waals surface area contributed by atoms with E-state index in [2.05, 4.69) is 45.1 Å². The fourth-order valence-electron chi connectivity index (χ4n) is 1.18. The van der Waals surface area contributed by atoms with Crippen LogP contribution in [0.5, 0.6) is 0 Å². The average molecular weight is 235 g/mol. The van der Waals surface area contributed by atoms with Gasteiger partial charge < -0.3 is 11.5 Å². The van der Waals surface area contributed by atoms with Gasteiger partial charge in [-0.2, -0.15) is 5.10 Å². The van der Waals surface area contributed by atoms with Gasteiger partial charge in [0.05, 0.1) is 0 Å². The molecule has 0 bridgehead atoms. The summed E-state index contributed by atoms with van der Waals surface area (Å²) in [4.78, 5) is 4.07. The van der Waals surface area contributed by atoms with Crippen molar-refractivity contribution >= 4 is 11.6 Å². The van der Waals surface area contributed by atoms with Gasteiger partial charge in [-0.3, -0.25) is 5.10 Å². The number of nitrogens with one attached hydrogen (secondary N) is 1. The Hall–Kier alpha value is -2.98. The van der Waals surface area contributed by atoms with Crippen molar-refractivity contribution in [3.8, 4) is 23.0 Å². The van der Waals surface area contributed by atoms with Gasteiger partial charge in [-0.15, -0.1) is 0 Å². The highest BCUT2D eigenvalue weighted by atomic mass is 16.6. The van der Waals surface area contributed by atoms with Gasteiger partial charge in [-0.25, -0.2) is 14.2 Å².